The van der Waals surface area contributed by atoms with E-state index in [9.17, 15) is 4.79 Å². The highest BCUT2D eigenvalue weighted by molar-refractivity contribution is 5.69. The first-order chi connectivity index (χ1) is 28.9. The SMILES string of the molecule is CC(C)(C)OC(=O)CCOCCOCCOCCOCCOCCOCCOCCOCCOCCOCCOC(c1ccccc1)(c1ccccc1)c1ccccc1. The maximum absolute atomic E-state index is 11.6. The molecule has 3 rings (SSSR count). The largest absolute Gasteiger partial charge is 0.460 e. The number of esters is 1. The fourth-order valence-corrected chi connectivity index (χ4v) is 5.65. The first-order valence-corrected chi connectivity index (χ1v) is 20.7. The van der Waals surface area contributed by atoms with Gasteiger partial charge in [-0.3, -0.25) is 4.79 Å². The minimum Gasteiger partial charge on any atom is -0.460 e. The third-order valence-electron chi connectivity index (χ3n) is 8.31. The van der Waals surface area contributed by atoms with Gasteiger partial charge in [0.15, 0.2) is 0 Å². The maximum Gasteiger partial charge on any atom is 0.308 e. The van der Waals surface area contributed by atoms with Gasteiger partial charge in [-0.15, -0.1) is 0 Å². The van der Waals surface area contributed by atoms with Gasteiger partial charge in [-0.2, -0.15) is 0 Å². The summed E-state index contributed by atoms with van der Waals surface area (Å²) in [7, 11) is 0. The second kappa shape index (κ2) is 32.5. The lowest BCUT2D eigenvalue weighted by molar-refractivity contribution is -0.156. The molecule has 0 saturated carbocycles. The Morgan fingerprint density at radius 2 is 0.593 bits per heavy atom. The molecule has 0 spiro atoms. The van der Waals surface area contributed by atoms with Gasteiger partial charge in [0.2, 0.25) is 0 Å². The van der Waals surface area contributed by atoms with Gasteiger partial charge in [0.1, 0.15) is 11.2 Å². The number of carbonyl (C=O) groups excluding carboxylic acids is 1. The quantitative estimate of drug-likeness (QED) is 0.0390. The second-order valence-corrected chi connectivity index (χ2v) is 14.1. The fraction of sp³-hybridized carbons (Fsp3) is 0.587. The molecule has 0 unspecified atom stereocenters. The van der Waals surface area contributed by atoms with E-state index >= 15 is 0 Å². The van der Waals surface area contributed by atoms with Crippen LogP contribution in [0.3, 0.4) is 0 Å². The molecule has 0 aliphatic rings. The summed E-state index contributed by atoms with van der Waals surface area (Å²) in [5.41, 5.74) is 1.96. The van der Waals surface area contributed by atoms with E-state index in [1.807, 2.05) is 75.4 Å². The van der Waals surface area contributed by atoms with Crippen molar-refractivity contribution in [3.05, 3.63) is 108 Å². The lowest BCUT2D eigenvalue weighted by Crippen LogP contribution is -2.34. The van der Waals surface area contributed by atoms with Gasteiger partial charge in [-0.25, -0.2) is 0 Å². The highest BCUT2D eigenvalue weighted by Crippen LogP contribution is 2.40. The lowest BCUT2D eigenvalue weighted by Gasteiger charge is -2.36. The summed E-state index contributed by atoms with van der Waals surface area (Å²) in [6, 6.07) is 31.0. The summed E-state index contributed by atoms with van der Waals surface area (Å²) < 4.78 is 67.5. The van der Waals surface area contributed by atoms with Gasteiger partial charge in [0, 0.05) is 0 Å². The van der Waals surface area contributed by atoms with Gasteiger partial charge < -0.3 is 56.8 Å². The molecule has 0 saturated heterocycles. The zero-order chi connectivity index (χ0) is 42.0. The third kappa shape index (κ3) is 23.3. The Bertz CT molecular complexity index is 1310. The predicted octanol–water partition coefficient (Wildman–Crippen LogP) is 5.89. The van der Waals surface area contributed by atoms with Crippen LogP contribution in [0, 0.1) is 0 Å². The molecule has 3 aromatic carbocycles. The van der Waals surface area contributed by atoms with E-state index in [0.29, 0.717) is 139 Å². The molecule has 0 atom stereocenters. The summed E-state index contributed by atoms with van der Waals surface area (Å²) in [4.78, 5) is 11.6. The Labute approximate surface area is 351 Å². The summed E-state index contributed by atoms with van der Waals surface area (Å²) >= 11 is 0. The number of ether oxygens (including phenoxy) is 12. The number of hydrogen-bond donors (Lipinski definition) is 0. The minimum atomic E-state index is -0.757. The van der Waals surface area contributed by atoms with Gasteiger partial charge in [0.25, 0.3) is 0 Å². The number of hydrogen-bond acceptors (Lipinski definition) is 13. The lowest BCUT2D eigenvalue weighted by atomic mass is 9.80. The van der Waals surface area contributed by atoms with E-state index < -0.39 is 11.2 Å². The van der Waals surface area contributed by atoms with Crippen LogP contribution in [0.5, 0.6) is 0 Å². The van der Waals surface area contributed by atoms with E-state index in [0.717, 1.165) is 16.7 Å². The number of benzene rings is 3. The zero-order valence-corrected chi connectivity index (χ0v) is 35.5. The molecule has 0 aliphatic carbocycles. The molecular weight excluding hydrogens is 760 g/mol. The monoisotopic (exact) mass is 828 g/mol. The highest BCUT2D eigenvalue weighted by atomic mass is 16.6. The average Bonchev–Trinajstić information content (AvgIpc) is 3.24. The minimum absolute atomic E-state index is 0.229. The third-order valence-corrected chi connectivity index (χ3v) is 8.31. The molecule has 3 aromatic rings. The second-order valence-electron chi connectivity index (χ2n) is 14.1. The summed E-state index contributed by atoms with van der Waals surface area (Å²) in [6.07, 6.45) is 0.229. The predicted molar refractivity (Wildman–Crippen MR) is 224 cm³/mol. The van der Waals surface area contributed by atoms with Crippen molar-refractivity contribution >= 4 is 5.97 Å². The molecule has 59 heavy (non-hydrogen) atoms. The van der Waals surface area contributed by atoms with Gasteiger partial charge in [-0.1, -0.05) is 91.0 Å². The maximum atomic E-state index is 11.6. The van der Waals surface area contributed by atoms with Crippen molar-refractivity contribution in [3.8, 4) is 0 Å². The Hall–Kier alpha value is -3.31. The molecule has 0 aromatic heterocycles. The van der Waals surface area contributed by atoms with Gasteiger partial charge in [0.05, 0.1) is 145 Å². The van der Waals surface area contributed by atoms with Crippen molar-refractivity contribution in [2.45, 2.75) is 38.4 Å². The smallest absolute Gasteiger partial charge is 0.308 e. The van der Waals surface area contributed by atoms with Gasteiger partial charge in [-0.05, 0) is 37.5 Å². The average molecular weight is 829 g/mol. The molecule has 0 aliphatic heterocycles. The first kappa shape index (κ1) is 50.0. The van der Waals surface area contributed by atoms with Crippen molar-refractivity contribution in [1.82, 2.24) is 0 Å². The Morgan fingerprint density at radius 3 is 0.847 bits per heavy atom. The molecule has 330 valence electrons. The normalized spacial score (nSPS) is 11.9. The van der Waals surface area contributed by atoms with E-state index in [-0.39, 0.29) is 12.4 Å². The standard InChI is InChI=1S/C46H68O13/c1-45(2,3)59-44(47)19-20-48-21-22-49-23-24-50-25-26-51-27-28-52-29-30-53-31-32-54-33-34-55-35-36-56-37-38-57-39-40-58-46(41-13-7-4-8-14-41,42-15-9-5-10-16-42)43-17-11-6-12-18-43/h4-18H,19-40H2,1-3H3. The highest BCUT2D eigenvalue weighted by Gasteiger charge is 2.37. The van der Waals surface area contributed by atoms with Crippen molar-refractivity contribution < 1.29 is 61.6 Å². The number of rotatable bonds is 37. The summed E-state index contributed by atoms with van der Waals surface area (Å²) in [5.74, 6) is -0.266. The molecule has 0 amide bonds. The van der Waals surface area contributed by atoms with E-state index in [2.05, 4.69) is 36.4 Å². The van der Waals surface area contributed by atoms with Crippen molar-refractivity contribution in [2.75, 3.05) is 139 Å². The fourth-order valence-electron chi connectivity index (χ4n) is 5.65. The molecule has 0 radical (unpaired) electrons. The van der Waals surface area contributed by atoms with Crippen LogP contribution in [0.1, 0.15) is 43.9 Å². The summed E-state index contributed by atoms with van der Waals surface area (Å²) in [6.45, 7) is 15.2. The Balaban J connectivity index is 1.03. The van der Waals surface area contributed by atoms with Crippen molar-refractivity contribution in [3.63, 3.8) is 0 Å². The summed E-state index contributed by atoms with van der Waals surface area (Å²) in [5, 5.41) is 0. The van der Waals surface area contributed by atoms with Crippen LogP contribution in [0.15, 0.2) is 91.0 Å². The topological polar surface area (TPSA) is 128 Å². The van der Waals surface area contributed by atoms with E-state index in [1.165, 1.54) is 0 Å². The molecule has 13 nitrogen and oxygen atoms in total. The molecule has 0 bridgehead atoms. The molecular formula is C46H68O13. The zero-order valence-electron chi connectivity index (χ0n) is 35.5. The molecule has 13 heteroatoms. The van der Waals surface area contributed by atoms with E-state index in [4.69, 9.17) is 56.8 Å². The van der Waals surface area contributed by atoms with E-state index in [1.54, 1.807) is 0 Å². The van der Waals surface area contributed by atoms with Crippen LogP contribution in [-0.4, -0.2) is 150 Å². The van der Waals surface area contributed by atoms with Crippen LogP contribution in [-0.2, 0) is 67.2 Å². The van der Waals surface area contributed by atoms with Crippen molar-refractivity contribution in [2.24, 2.45) is 0 Å². The molecule has 0 heterocycles. The Kier molecular flexibility index (Phi) is 27.5. The van der Waals surface area contributed by atoms with Crippen LogP contribution in [0.25, 0.3) is 0 Å². The Morgan fingerprint density at radius 1 is 0.356 bits per heavy atom. The van der Waals surface area contributed by atoms with Gasteiger partial charge >= 0.3 is 5.97 Å². The molecule has 0 N–H and O–H groups in total. The van der Waals surface area contributed by atoms with Crippen molar-refractivity contribution in [1.29, 1.82) is 0 Å². The number of carbonyl (C=O) groups is 1. The van der Waals surface area contributed by atoms with Crippen LogP contribution in [0.2, 0.25) is 0 Å². The molecule has 0 fully saturated rings. The first-order valence-electron chi connectivity index (χ1n) is 20.7. The van der Waals surface area contributed by atoms with Crippen LogP contribution >= 0.6 is 0 Å². The van der Waals surface area contributed by atoms with Crippen LogP contribution in [0.4, 0.5) is 0 Å². The van der Waals surface area contributed by atoms with Crippen LogP contribution < -0.4 is 0 Å².